The summed E-state index contributed by atoms with van der Waals surface area (Å²) in [5, 5.41) is 0. The summed E-state index contributed by atoms with van der Waals surface area (Å²) in [5.74, 6) is 0.295. The van der Waals surface area contributed by atoms with Gasteiger partial charge in [0.15, 0.2) is 0 Å². The molecule has 6 heteroatoms. The fourth-order valence-corrected chi connectivity index (χ4v) is 2.88. The summed E-state index contributed by atoms with van der Waals surface area (Å²) < 4.78 is 19.1. The molecule has 1 heterocycles. The van der Waals surface area contributed by atoms with Gasteiger partial charge in [-0.3, -0.25) is 9.69 Å². The number of ether oxygens (including phenoxy) is 1. The van der Waals surface area contributed by atoms with Crippen LogP contribution in [0.2, 0.25) is 0 Å². The monoisotopic (exact) mass is 307 g/mol. The van der Waals surface area contributed by atoms with E-state index in [1.54, 1.807) is 4.90 Å². The summed E-state index contributed by atoms with van der Waals surface area (Å²) in [6.45, 7) is 4.12. The molecule has 0 bridgehead atoms. The number of halogens is 1. The molecule has 1 aliphatic heterocycles. The Balaban J connectivity index is 1.66. The molecule has 5 nitrogen and oxygen atoms in total. The first-order chi connectivity index (χ1) is 10.6. The number of carbonyl (C=O) groups is 1. The van der Waals surface area contributed by atoms with Crippen molar-refractivity contribution in [2.75, 3.05) is 45.6 Å². The predicted octanol–water partition coefficient (Wildman–Crippen LogP) is 1.58. The van der Waals surface area contributed by atoms with Crippen molar-refractivity contribution in [3.05, 3.63) is 23.5 Å². The smallest absolute Gasteiger partial charge is 0.257 e. The van der Waals surface area contributed by atoms with Crippen LogP contribution < -0.4 is 10.5 Å². The van der Waals surface area contributed by atoms with E-state index in [1.165, 1.54) is 26.0 Å². The molecule has 1 aromatic rings. The van der Waals surface area contributed by atoms with Crippen LogP contribution in [-0.2, 0) is 0 Å². The van der Waals surface area contributed by atoms with Crippen LogP contribution in [0.5, 0.6) is 5.75 Å². The summed E-state index contributed by atoms with van der Waals surface area (Å²) in [5.41, 5.74) is 5.88. The minimum atomic E-state index is -0.594. The number of carbonyl (C=O) groups excluding carboxylic acids is 1. The molecule has 1 saturated carbocycles. The fraction of sp³-hybridized carbons (Fsp3) is 0.562. The largest absolute Gasteiger partial charge is 0.495 e. The zero-order chi connectivity index (χ0) is 15.7. The second-order valence-corrected chi connectivity index (χ2v) is 6.11. The van der Waals surface area contributed by atoms with Crippen molar-refractivity contribution in [1.82, 2.24) is 9.80 Å². The minimum absolute atomic E-state index is 0.0293. The molecule has 2 fully saturated rings. The topological polar surface area (TPSA) is 58.8 Å². The molecule has 3 rings (SSSR count). The molecule has 0 unspecified atom stereocenters. The number of amides is 1. The van der Waals surface area contributed by atoms with Crippen molar-refractivity contribution >= 4 is 11.6 Å². The molecule has 2 N–H and O–H groups in total. The molecule has 22 heavy (non-hydrogen) atoms. The quantitative estimate of drug-likeness (QED) is 0.858. The van der Waals surface area contributed by atoms with E-state index in [0.717, 1.165) is 31.6 Å². The average molecular weight is 307 g/mol. The third kappa shape index (κ3) is 3.16. The van der Waals surface area contributed by atoms with Crippen molar-refractivity contribution in [3.8, 4) is 5.75 Å². The van der Waals surface area contributed by atoms with Gasteiger partial charge in [0, 0.05) is 38.8 Å². The number of hydrogen-bond acceptors (Lipinski definition) is 4. The van der Waals surface area contributed by atoms with Gasteiger partial charge in [-0.25, -0.2) is 4.39 Å². The molecule has 0 aromatic heterocycles. The van der Waals surface area contributed by atoms with E-state index in [-0.39, 0.29) is 17.2 Å². The number of benzene rings is 1. The Hall–Kier alpha value is -1.82. The number of nitrogens with two attached hydrogens (primary N) is 1. The molecule has 0 spiro atoms. The van der Waals surface area contributed by atoms with E-state index in [0.29, 0.717) is 18.8 Å². The predicted molar refractivity (Wildman–Crippen MR) is 82.4 cm³/mol. The van der Waals surface area contributed by atoms with Crippen molar-refractivity contribution in [2.24, 2.45) is 5.92 Å². The van der Waals surface area contributed by atoms with E-state index >= 15 is 0 Å². The highest BCUT2D eigenvalue weighted by Gasteiger charge is 2.29. The number of methoxy groups -OCH3 is 1. The standard InChI is InChI=1S/C16H22FN3O2/c1-22-15-8-12(13(17)9-14(15)18)16(21)20-6-4-19(5-7-20)10-11-2-3-11/h8-9,11H,2-7,10,18H2,1H3. The average Bonchev–Trinajstić information content (AvgIpc) is 3.31. The molecular formula is C16H22FN3O2. The van der Waals surface area contributed by atoms with Gasteiger partial charge in [-0.2, -0.15) is 0 Å². The molecule has 1 aromatic carbocycles. The zero-order valence-electron chi connectivity index (χ0n) is 12.8. The maximum atomic E-state index is 14.0. The lowest BCUT2D eigenvalue weighted by Crippen LogP contribution is -2.49. The van der Waals surface area contributed by atoms with E-state index < -0.39 is 5.82 Å². The highest BCUT2D eigenvalue weighted by atomic mass is 19.1. The fourth-order valence-electron chi connectivity index (χ4n) is 2.88. The van der Waals surface area contributed by atoms with Gasteiger partial charge in [-0.15, -0.1) is 0 Å². The van der Waals surface area contributed by atoms with Crippen molar-refractivity contribution in [1.29, 1.82) is 0 Å². The van der Waals surface area contributed by atoms with Crippen LogP contribution >= 0.6 is 0 Å². The number of nitrogens with zero attached hydrogens (tertiary/aromatic N) is 2. The number of piperazine rings is 1. The van der Waals surface area contributed by atoms with Crippen molar-refractivity contribution < 1.29 is 13.9 Å². The van der Waals surface area contributed by atoms with E-state index in [2.05, 4.69) is 4.90 Å². The number of rotatable bonds is 4. The van der Waals surface area contributed by atoms with E-state index in [1.807, 2.05) is 0 Å². The van der Waals surface area contributed by atoms with Crippen molar-refractivity contribution in [2.45, 2.75) is 12.8 Å². The summed E-state index contributed by atoms with van der Waals surface area (Å²) in [7, 11) is 1.45. The highest BCUT2D eigenvalue weighted by molar-refractivity contribution is 5.95. The van der Waals surface area contributed by atoms with Crippen LogP contribution in [0.3, 0.4) is 0 Å². The lowest BCUT2D eigenvalue weighted by Gasteiger charge is -2.35. The van der Waals surface area contributed by atoms with Gasteiger partial charge < -0.3 is 15.4 Å². The molecule has 1 aliphatic carbocycles. The Morgan fingerprint density at radius 1 is 1.32 bits per heavy atom. The Bertz CT molecular complexity index is 567. The summed E-state index contributed by atoms with van der Waals surface area (Å²) >= 11 is 0. The number of nitrogen functional groups attached to an aromatic ring is 1. The molecule has 120 valence electrons. The van der Waals surface area contributed by atoms with Gasteiger partial charge in [0.05, 0.1) is 18.4 Å². The SMILES string of the molecule is COc1cc(C(=O)N2CCN(CC3CC3)CC2)c(F)cc1N. The maximum Gasteiger partial charge on any atom is 0.257 e. The Labute approximate surface area is 129 Å². The van der Waals surface area contributed by atoms with Crippen LogP contribution in [0.1, 0.15) is 23.2 Å². The maximum absolute atomic E-state index is 14.0. The van der Waals surface area contributed by atoms with Gasteiger partial charge >= 0.3 is 0 Å². The summed E-state index contributed by atoms with van der Waals surface area (Å²) in [6.07, 6.45) is 2.66. The first kappa shape index (κ1) is 15.1. The number of hydrogen-bond donors (Lipinski definition) is 1. The van der Waals surface area contributed by atoms with E-state index in [9.17, 15) is 9.18 Å². The molecule has 0 radical (unpaired) electrons. The highest BCUT2D eigenvalue weighted by Crippen LogP contribution is 2.30. The lowest BCUT2D eigenvalue weighted by molar-refractivity contribution is 0.0627. The van der Waals surface area contributed by atoms with Gasteiger partial charge in [0.2, 0.25) is 0 Å². The van der Waals surface area contributed by atoms with E-state index in [4.69, 9.17) is 10.5 Å². The second-order valence-electron chi connectivity index (χ2n) is 6.11. The first-order valence-corrected chi connectivity index (χ1v) is 7.73. The minimum Gasteiger partial charge on any atom is -0.495 e. The normalized spacial score (nSPS) is 19.3. The molecule has 1 amide bonds. The van der Waals surface area contributed by atoms with Crippen LogP contribution in [0.15, 0.2) is 12.1 Å². The molecular weight excluding hydrogens is 285 g/mol. The summed E-state index contributed by atoms with van der Waals surface area (Å²) in [6, 6.07) is 2.54. The Morgan fingerprint density at radius 3 is 2.59 bits per heavy atom. The molecule has 0 atom stereocenters. The third-order valence-electron chi connectivity index (χ3n) is 4.42. The third-order valence-corrected chi connectivity index (χ3v) is 4.42. The molecule has 1 saturated heterocycles. The van der Waals surface area contributed by atoms with Gasteiger partial charge in [0.25, 0.3) is 5.91 Å². The Kier molecular flexibility index (Phi) is 4.20. The van der Waals surface area contributed by atoms with Gasteiger partial charge in [-0.1, -0.05) is 0 Å². The molecule has 2 aliphatic rings. The summed E-state index contributed by atoms with van der Waals surface area (Å²) in [4.78, 5) is 16.6. The van der Waals surface area contributed by atoms with Crippen LogP contribution in [-0.4, -0.2) is 55.5 Å². The Morgan fingerprint density at radius 2 is 2.00 bits per heavy atom. The lowest BCUT2D eigenvalue weighted by atomic mass is 10.1. The second kappa shape index (κ2) is 6.12. The number of anilines is 1. The van der Waals surface area contributed by atoms with Crippen LogP contribution in [0, 0.1) is 11.7 Å². The van der Waals surface area contributed by atoms with Gasteiger partial charge in [-0.05, 0) is 24.8 Å². The van der Waals surface area contributed by atoms with Crippen LogP contribution in [0.25, 0.3) is 0 Å². The van der Waals surface area contributed by atoms with Crippen LogP contribution in [0.4, 0.5) is 10.1 Å². The zero-order valence-corrected chi connectivity index (χ0v) is 12.8. The van der Waals surface area contributed by atoms with Crippen molar-refractivity contribution in [3.63, 3.8) is 0 Å². The first-order valence-electron chi connectivity index (χ1n) is 7.73. The van der Waals surface area contributed by atoms with Gasteiger partial charge in [0.1, 0.15) is 11.6 Å².